The number of fused-ring (bicyclic) bond motifs is 1. The number of rotatable bonds is 6. The van der Waals surface area contributed by atoms with Gasteiger partial charge in [0.2, 0.25) is 0 Å². The minimum atomic E-state index is -4.31. The number of benzene rings is 2. The van der Waals surface area contributed by atoms with E-state index in [4.69, 9.17) is 7.85 Å². The number of alkyl halides is 3. The zero-order chi connectivity index (χ0) is 25.3. The van der Waals surface area contributed by atoms with Gasteiger partial charge in [0.25, 0.3) is 0 Å². The van der Waals surface area contributed by atoms with Gasteiger partial charge in [0.05, 0.1) is 11.3 Å². The normalized spacial score (nSPS) is 19.2. The van der Waals surface area contributed by atoms with Gasteiger partial charge in [0.1, 0.15) is 25.6 Å². The van der Waals surface area contributed by atoms with E-state index in [1.165, 1.54) is 0 Å². The number of aromatic hydroxyl groups is 1. The first kappa shape index (κ1) is 24.6. The van der Waals surface area contributed by atoms with Crippen molar-refractivity contribution in [3.05, 3.63) is 71.4 Å². The summed E-state index contributed by atoms with van der Waals surface area (Å²) in [4.78, 5) is 6.96. The van der Waals surface area contributed by atoms with E-state index in [1.807, 2.05) is 12.1 Å². The van der Waals surface area contributed by atoms with Crippen molar-refractivity contribution in [1.82, 2.24) is 20.0 Å². The van der Waals surface area contributed by atoms with Crippen LogP contribution in [0.2, 0.25) is 0 Å². The van der Waals surface area contributed by atoms with Gasteiger partial charge in [-0.2, -0.15) is 18.3 Å². The van der Waals surface area contributed by atoms with Gasteiger partial charge in [-0.05, 0) is 67.1 Å². The summed E-state index contributed by atoms with van der Waals surface area (Å²) in [6.45, 7) is 3.23. The summed E-state index contributed by atoms with van der Waals surface area (Å²) in [7, 11) is 6.11. The maximum absolute atomic E-state index is 12.8. The van der Waals surface area contributed by atoms with Crippen LogP contribution >= 0.6 is 0 Å². The summed E-state index contributed by atoms with van der Waals surface area (Å²) >= 11 is 0. The van der Waals surface area contributed by atoms with E-state index in [-0.39, 0.29) is 11.9 Å². The van der Waals surface area contributed by atoms with Crippen molar-refractivity contribution >= 4 is 24.8 Å². The smallest absolute Gasteiger partial charge is 0.416 e. The van der Waals surface area contributed by atoms with Crippen LogP contribution in [0.25, 0.3) is 0 Å². The number of hydrogen-bond donors (Lipinski definition) is 2. The maximum Gasteiger partial charge on any atom is 0.416 e. The highest BCUT2D eigenvalue weighted by molar-refractivity contribution is 6.35. The lowest BCUT2D eigenvalue weighted by Gasteiger charge is -2.33. The van der Waals surface area contributed by atoms with Crippen LogP contribution in [0.4, 0.5) is 19.0 Å². The zero-order valence-corrected chi connectivity index (χ0v) is 19.7. The Kier molecular flexibility index (Phi) is 6.90. The number of halogens is 3. The molecule has 1 aromatic heterocycles. The van der Waals surface area contributed by atoms with Gasteiger partial charge in [-0.15, -0.1) is 0 Å². The van der Waals surface area contributed by atoms with Gasteiger partial charge in [-0.3, -0.25) is 10.2 Å². The molecule has 3 heterocycles. The van der Waals surface area contributed by atoms with E-state index in [1.54, 1.807) is 35.1 Å². The van der Waals surface area contributed by atoms with Crippen LogP contribution < -0.4 is 10.8 Å². The molecule has 0 aliphatic carbocycles. The van der Waals surface area contributed by atoms with Crippen LogP contribution in [0.5, 0.6) is 5.75 Å². The van der Waals surface area contributed by atoms with E-state index in [2.05, 4.69) is 20.3 Å². The van der Waals surface area contributed by atoms with Crippen LogP contribution in [0.15, 0.2) is 59.7 Å². The number of hydrogen-bond acceptors (Lipinski definition) is 5. The fourth-order valence-electron chi connectivity index (χ4n) is 4.91. The third kappa shape index (κ3) is 5.34. The Morgan fingerprint density at radius 2 is 1.78 bits per heavy atom. The molecule has 1 unspecified atom stereocenters. The van der Waals surface area contributed by atoms with Gasteiger partial charge in [0, 0.05) is 31.3 Å². The fourth-order valence-corrected chi connectivity index (χ4v) is 4.91. The molecule has 2 aromatic carbocycles. The van der Waals surface area contributed by atoms with Crippen LogP contribution in [-0.2, 0) is 12.7 Å². The standard InChI is InChI=1S/C26H27BF3N5O/c27-21-15-32-35-24(13-22(33-25(21)35)20-3-1-2-4-23(20)36)31-14-17-9-11-34(12-10-17)16-18-5-7-19(8-6-18)26(28,29)30/h1-8,15,17,24,31,36H,9-14,16H2. The summed E-state index contributed by atoms with van der Waals surface area (Å²) in [6, 6.07) is 12.6. The molecule has 1 saturated heterocycles. The summed E-state index contributed by atoms with van der Waals surface area (Å²) in [5, 5.41) is 18.4. The molecule has 3 aromatic rings. The lowest BCUT2D eigenvalue weighted by atomic mass is 9.95. The average molecular weight is 493 g/mol. The third-order valence-electron chi connectivity index (χ3n) is 6.97. The Labute approximate surface area is 209 Å². The first-order chi connectivity index (χ1) is 17.3. The minimum Gasteiger partial charge on any atom is -0.507 e. The molecule has 0 amide bonds. The van der Waals surface area contributed by atoms with Crippen molar-refractivity contribution in [2.24, 2.45) is 10.9 Å². The molecule has 186 valence electrons. The second kappa shape index (κ2) is 10.1. The Hall–Kier alpha value is -3.11. The van der Waals surface area contributed by atoms with Gasteiger partial charge >= 0.3 is 6.18 Å². The van der Waals surface area contributed by atoms with E-state index >= 15 is 0 Å². The summed E-state index contributed by atoms with van der Waals surface area (Å²) in [5.41, 5.74) is 2.22. The Balaban J connectivity index is 1.17. The van der Waals surface area contributed by atoms with Crippen molar-refractivity contribution in [3.8, 4) is 5.75 Å². The molecule has 6 nitrogen and oxygen atoms in total. The number of aromatic nitrogens is 2. The third-order valence-corrected chi connectivity index (χ3v) is 6.97. The van der Waals surface area contributed by atoms with Crippen LogP contribution in [-0.4, -0.2) is 53.0 Å². The zero-order valence-electron chi connectivity index (χ0n) is 19.7. The maximum atomic E-state index is 12.8. The van der Waals surface area contributed by atoms with Crippen LogP contribution in [0.1, 0.15) is 42.1 Å². The SMILES string of the molecule is [B]c1cnn2c1N=C(c1ccccc1O)CC2NCC1CCN(Cc2ccc(C(F)(F)F)cc2)CC1. The highest BCUT2D eigenvalue weighted by atomic mass is 19.4. The molecule has 2 radical (unpaired) electrons. The van der Waals surface area contributed by atoms with E-state index in [9.17, 15) is 18.3 Å². The number of phenols is 1. The van der Waals surface area contributed by atoms with E-state index in [0.717, 1.165) is 55.9 Å². The van der Waals surface area contributed by atoms with Gasteiger partial charge < -0.3 is 5.11 Å². The largest absolute Gasteiger partial charge is 0.507 e. The molecule has 1 atom stereocenters. The van der Waals surface area contributed by atoms with Gasteiger partial charge in [0.15, 0.2) is 0 Å². The second-order valence-corrected chi connectivity index (χ2v) is 9.49. The summed E-state index contributed by atoms with van der Waals surface area (Å²) in [6.07, 6.45) is -0.281. The number of piperidine rings is 1. The number of nitrogens with one attached hydrogen (secondary N) is 1. The summed E-state index contributed by atoms with van der Waals surface area (Å²) < 4.78 is 40.2. The lowest BCUT2D eigenvalue weighted by Crippen LogP contribution is -2.40. The fraction of sp³-hybridized carbons (Fsp3) is 0.385. The number of nitrogens with zero attached hydrogens (tertiary/aromatic N) is 4. The van der Waals surface area contributed by atoms with Gasteiger partial charge in [-0.25, -0.2) is 9.67 Å². The lowest BCUT2D eigenvalue weighted by molar-refractivity contribution is -0.137. The van der Waals surface area contributed by atoms with Crippen molar-refractivity contribution in [2.45, 2.75) is 38.1 Å². The average Bonchev–Trinajstić information content (AvgIpc) is 3.24. The number of phenolic OH excluding ortho intramolecular Hbond substituents is 1. The number of para-hydroxylation sites is 1. The minimum absolute atomic E-state index is 0.130. The highest BCUT2D eigenvalue weighted by Gasteiger charge is 2.30. The quantitative estimate of drug-likeness (QED) is 0.511. The molecule has 0 saturated carbocycles. The Morgan fingerprint density at radius 1 is 1.06 bits per heavy atom. The molecule has 2 aliphatic rings. The Bertz CT molecular complexity index is 1230. The monoisotopic (exact) mass is 493 g/mol. The number of likely N-dealkylation sites (tertiary alicyclic amines) is 1. The highest BCUT2D eigenvalue weighted by Crippen LogP contribution is 2.31. The predicted molar refractivity (Wildman–Crippen MR) is 133 cm³/mol. The molecule has 10 heteroatoms. The van der Waals surface area contributed by atoms with Crippen molar-refractivity contribution in [1.29, 1.82) is 0 Å². The number of aliphatic imine (C=N–C) groups is 1. The molecule has 2 N–H and O–H groups in total. The summed E-state index contributed by atoms with van der Waals surface area (Å²) in [5.74, 6) is 1.24. The second-order valence-electron chi connectivity index (χ2n) is 9.49. The van der Waals surface area contributed by atoms with Crippen molar-refractivity contribution in [2.75, 3.05) is 19.6 Å². The van der Waals surface area contributed by atoms with Crippen LogP contribution in [0, 0.1) is 5.92 Å². The topological polar surface area (TPSA) is 65.7 Å². The molecule has 1 fully saturated rings. The first-order valence-corrected chi connectivity index (χ1v) is 12.1. The van der Waals surface area contributed by atoms with Crippen molar-refractivity contribution in [3.63, 3.8) is 0 Å². The molecular formula is C26H27BF3N5O. The van der Waals surface area contributed by atoms with Gasteiger partial charge in [-0.1, -0.05) is 24.3 Å². The predicted octanol–water partition coefficient (Wildman–Crippen LogP) is 3.93. The first-order valence-electron chi connectivity index (χ1n) is 12.1. The molecular weight excluding hydrogens is 466 g/mol. The van der Waals surface area contributed by atoms with Crippen LogP contribution in [0.3, 0.4) is 0 Å². The molecule has 0 spiro atoms. The van der Waals surface area contributed by atoms with E-state index in [0.29, 0.717) is 35.7 Å². The van der Waals surface area contributed by atoms with E-state index < -0.39 is 11.7 Å². The molecule has 36 heavy (non-hydrogen) atoms. The molecule has 0 bridgehead atoms. The molecule has 2 aliphatic heterocycles. The Morgan fingerprint density at radius 3 is 2.47 bits per heavy atom. The molecule has 5 rings (SSSR count). The van der Waals surface area contributed by atoms with Crippen molar-refractivity contribution < 1.29 is 18.3 Å².